The third kappa shape index (κ3) is 3.96. The van der Waals surface area contributed by atoms with Gasteiger partial charge in [0.1, 0.15) is 5.75 Å². The molecule has 0 bridgehead atoms. The Kier molecular flexibility index (Phi) is 5.02. The minimum absolute atomic E-state index is 0.387. The third-order valence-electron chi connectivity index (χ3n) is 5.37. The molecule has 1 aromatic heterocycles. The number of piperazine rings is 1. The Morgan fingerprint density at radius 2 is 2.00 bits per heavy atom. The minimum Gasteiger partial charge on any atom is -0.493 e. The fourth-order valence-electron chi connectivity index (χ4n) is 3.96. The molecule has 2 aliphatic heterocycles. The van der Waals surface area contributed by atoms with Gasteiger partial charge in [-0.05, 0) is 37.5 Å². The Labute approximate surface area is 153 Å². The maximum Gasteiger partial charge on any atom is 0.225 e. The van der Waals surface area contributed by atoms with Crippen LogP contribution in [-0.2, 0) is 0 Å². The summed E-state index contributed by atoms with van der Waals surface area (Å²) in [6.45, 7) is 6.73. The first-order valence-electron chi connectivity index (χ1n) is 9.33. The van der Waals surface area contributed by atoms with Crippen LogP contribution in [0.1, 0.15) is 18.4 Å². The van der Waals surface area contributed by atoms with E-state index >= 15 is 0 Å². The van der Waals surface area contributed by atoms with Gasteiger partial charge < -0.3 is 9.64 Å². The van der Waals surface area contributed by atoms with Gasteiger partial charge in [0.2, 0.25) is 5.95 Å². The Morgan fingerprint density at radius 3 is 2.81 bits per heavy atom. The second-order valence-corrected chi connectivity index (χ2v) is 7.37. The fourth-order valence-corrected chi connectivity index (χ4v) is 3.96. The van der Waals surface area contributed by atoms with Crippen LogP contribution in [-0.4, -0.2) is 53.7 Å². The normalized spacial score (nSPS) is 23.5. The summed E-state index contributed by atoms with van der Waals surface area (Å²) < 4.78 is 19.0. The smallest absolute Gasteiger partial charge is 0.225 e. The van der Waals surface area contributed by atoms with Crippen LogP contribution in [0, 0.1) is 18.7 Å². The fraction of sp³-hybridized carbons (Fsp3) is 0.500. The molecule has 2 fully saturated rings. The molecule has 26 heavy (non-hydrogen) atoms. The lowest BCUT2D eigenvalue weighted by molar-refractivity contribution is 0.0725. The molecule has 0 amide bonds. The molecule has 0 N–H and O–H groups in total. The Bertz CT molecular complexity index is 739. The number of fused-ring (bicyclic) bond motifs is 1. The maximum atomic E-state index is 13.0. The summed E-state index contributed by atoms with van der Waals surface area (Å²) in [7, 11) is 0. The maximum absolute atomic E-state index is 13.0. The number of hydrogen-bond acceptors (Lipinski definition) is 5. The van der Waals surface area contributed by atoms with Gasteiger partial charge in [-0.15, -0.1) is 0 Å². The van der Waals surface area contributed by atoms with Crippen molar-refractivity contribution in [2.24, 2.45) is 5.92 Å². The van der Waals surface area contributed by atoms with Gasteiger partial charge in [0.15, 0.2) is 5.82 Å². The van der Waals surface area contributed by atoms with E-state index in [1.54, 1.807) is 0 Å². The number of anilines is 1. The van der Waals surface area contributed by atoms with E-state index in [1.165, 1.54) is 24.4 Å². The van der Waals surface area contributed by atoms with Crippen LogP contribution >= 0.6 is 0 Å². The van der Waals surface area contributed by atoms with Crippen LogP contribution in [0.25, 0.3) is 0 Å². The van der Waals surface area contributed by atoms with Crippen LogP contribution < -0.4 is 9.64 Å². The number of hydrogen-bond donors (Lipinski definition) is 0. The van der Waals surface area contributed by atoms with Gasteiger partial charge in [0.05, 0.1) is 19.0 Å². The Hall–Kier alpha value is -2.21. The summed E-state index contributed by atoms with van der Waals surface area (Å²) in [6, 6.07) is 8.76. The quantitative estimate of drug-likeness (QED) is 0.843. The topological polar surface area (TPSA) is 41.5 Å². The molecule has 3 heterocycles. The zero-order valence-corrected chi connectivity index (χ0v) is 15.1. The highest BCUT2D eigenvalue weighted by Crippen LogP contribution is 2.27. The van der Waals surface area contributed by atoms with Gasteiger partial charge >= 0.3 is 0 Å². The molecule has 1 aromatic carbocycles. The highest BCUT2D eigenvalue weighted by atomic mass is 19.1. The number of rotatable bonds is 4. The van der Waals surface area contributed by atoms with Gasteiger partial charge in [0.25, 0.3) is 0 Å². The zero-order valence-electron chi connectivity index (χ0n) is 15.1. The zero-order chi connectivity index (χ0) is 17.9. The van der Waals surface area contributed by atoms with Crippen molar-refractivity contribution in [2.45, 2.75) is 25.8 Å². The molecular formula is C20H25FN4O. The van der Waals surface area contributed by atoms with Gasteiger partial charge in [-0.3, -0.25) is 4.90 Å². The largest absolute Gasteiger partial charge is 0.493 e. The molecule has 0 aliphatic carbocycles. The van der Waals surface area contributed by atoms with E-state index in [1.807, 2.05) is 12.1 Å². The SMILES string of the molecule is Cc1cccc(OCC2CCC3CN(c4ncc(F)cn4)CCN3C2)c1. The molecule has 5 nitrogen and oxygen atoms in total. The van der Waals surface area contributed by atoms with Crippen molar-refractivity contribution >= 4 is 5.95 Å². The number of piperidine rings is 1. The van der Waals surface area contributed by atoms with Crippen LogP contribution in [0.3, 0.4) is 0 Å². The lowest BCUT2D eigenvalue weighted by Crippen LogP contribution is -2.57. The van der Waals surface area contributed by atoms with Gasteiger partial charge in [0, 0.05) is 38.1 Å². The first kappa shape index (κ1) is 17.2. The predicted molar refractivity (Wildman–Crippen MR) is 99.0 cm³/mol. The molecule has 0 saturated carbocycles. The summed E-state index contributed by atoms with van der Waals surface area (Å²) >= 11 is 0. The van der Waals surface area contributed by atoms with Crippen LogP contribution in [0.4, 0.5) is 10.3 Å². The second kappa shape index (κ2) is 7.58. The monoisotopic (exact) mass is 356 g/mol. The second-order valence-electron chi connectivity index (χ2n) is 7.37. The molecule has 138 valence electrons. The van der Waals surface area contributed by atoms with Crippen LogP contribution in [0.2, 0.25) is 0 Å². The summed E-state index contributed by atoms with van der Waals surface area (Å²) in [5.41, 5.74) is 1.23. The van der Waals surface area contributed by atoms with E-state index in [-0.39, 0.29) is 5.82 Å². The molecule has 2 saturated heterocycles. The first-order valence-corrected chi connectivity index (χ1v) is 9.33. The van der Waals surface area contributed by atoms with Crippen molar-refractivity contribution in [1.82, 2.24) is 14.9 Å². The van der Waals surface area contributed by atoms with Crippen molar-refractivity contribution in [3.05, 3.63) is 48.0 Å². The summed E-state index contributed by atoms with van der Waals surface area (Å²) in [5, 5.41) is 0. The van der Waals surface area contributed by atoms with Crippen LogP contribution in [0.15, 0.2) is 36.7 Å². The number of nitrogens with zero attached hydrogens (tertiary/aromatic N) is 4. The lowest BCUT2D eigenvalue weighted by atomic mass is 9.91. The summed E-state index contributed by atoms with van der Waals surface area (Å²) in [5.74, 6) is 1.78. The molecule has 2 aromatic rings. The molecule has 2 aliphatic rings. The summed E-state index contributed by atoms with van der Waals surface area (Å²) in [6.07, 6.45) is 4.81. The van der Waals surface area contributed by atoms with E-state index in [0.717, 1.165) is 45.0 Å². The molecule has 0 radical (unpaired) electrons. The van der Waals surface area contributed by atoms with Crippen molar-refractivity contribution in [3.63, 3.8) is 0 Å². The average molecular weight is 356 g/mol. The average Bonchev–Trinajstić information content (AvgIpc) is 2.66. The highest BCUT2D eigenvalue weighted by molar-refractivity contribution is 5.30. The number of benzene rings is 1. The molecule has 2 unspecified atom stereocenters. The molecule has 6 heteroatoms. The molecule has 0 spiro atoms. The lowest BCUT2D eigenvalue weighted by Gasteiger charge is -2.46. The molecular weight excluding hydrogens is 331 g/mol. The van der Waals surface area contributed by atoms with Gasteiger partial charge in [-0.25, -0.2) is 14.4 Å². The Morgan fingerprint density at radius 1 is 1.15 bits per heavy atom. The van der Waals surface area contributed by atoms with Crippen molar-refractivity contribution < 1.29 is 9.13 Å². The first-order chi connectivity index (χ1) is 12.7. The van der Waals surface area contributed by atoms with Gasteiger partial charge in [-0.2, -0.15) is 0 Å². The third-order valence-corrected chi connectivity index (χ3v) is 5.37. The van der Waals surface area contributed by atoms with E-state index in [2.05, 4.69) is 38.8 Å². The van der Waals surface area contributed by atoms with Crippen LogP contribution in [0.5, 0.6) is 5.75 Å². The minimum atomic E-state index is -0.387. The number of halogens is 1. The van der Waals surface area contributed by atoms with Crippen molar-refractivity contribution in [3.8, 4) is 5.75 Å². The molecule has 2 atom stereocenters. The van der Waals surface area contributed by atoms with Gasteiger partial charge in [-0.1, -0.05) is 12.1 Å². The van der Waals surface area contributed by atoms with Crippen molar-refractivity contribution in [2.75, 3.05) is 37.7 Å². The van der Waals surface area contributed by atoms with Crippen molar-refractivity contribution in [1.29, 1.82) is 0 Å². The van der Waals surface area contributed by atoms with E-state index < -0.39 is 0 Å². The van der Waals surface area contributed by atoms with E-state index in [4.69, 9.17) is 4.74 Å². The number of aryl methyl sites for hydroxylation is 1. The molecule has 4 rings (SSSR count). The van der Waals surface area contributed by atoms with E-state index in [9.17, 15) is 4.39 Å². The summed E-state index contributed by atoms with van der Waals surface area (Å²) in [4.78, 5) is 13.0. The predicted octanol–water partition coefficient (Wildman–Crippen LogP) is 2.90. The standard InChI is InChI=1S/C20H25FN4O/c1-15-3-2-4-19(9-15)26-14-16-5-6-18-13-25(8-7-24(18)12-16)20-22-10-17(21)11-23-20/h2-4,9-11,16,18H,5-8,12-14H2,1H3. The van der Waals surface area contributed by atoms with E-state index in [0.29, 0.717) is 17.9 Å². The number of ether oxygens (including phenoxy) is 1. The highest BCUT2D eigenvalue weighted by Gasteiger charge is 2.33. The Balaban J connectivity index is 1.30. The number of aromatic nitrogens is 2.